The lowest BCUT2D eigenvalue weighted by Gasteiger charge is -2.33. The van der Waals surface area contributed by atoms with Crippen LogP contribution < -0.4 is 10.1 Å². The molecule has 0 saturated carbocycles. The maximum atomic E-state index is 12.7. The standard InChI is InChI=1S/C22H21N3O3/c26-20-7-6-15-11-14(12-23-22(15)24-20)5-8-21(27)25-10-9-17-16-3-1-2-4-18(16)28-19(17)13-25/h1-5,8,11-12,17,19H,6-7,9-10,13H2,(H,23,24,26). The zero-order valence-corrected chi connectivity index (χ0v) is 15.4. The van der Waals surface area contributed by atoms with Crippen molar-refractivity contribution in [1.82, 2.24) is 9.88 Å². The van der Waals surface area contributed by atoms with Crippen molar-refractivity contribution in [2.24, 2.45) is 0 Å². The van der Waals surface area contributed by atoms with Crippen LogP contribution >= 0.6 is 0 Å². The number of aromatic nitrogens is 1. The van der Waals surface area contributed by atoms with E-state index in [0.29, 0.717) is 31.1 Å². The van der Waals surface area contributed by atoms with E-state index in [-0.39, 0.29) is 17.9 Å². The van der Waals surface area contributed by atoms with Gasteiger partial charge < -0.3 is 15.0 Å². The van der Waals surface area contributed by atoms with Crippen LogP contribution in [0.3, 0.4) is 0 Å². The van der Waals surface area contributed by atoms with Gasteiger partial charge in [0.2, 0.25) is 11.8 Å². The molecule has 5 rings (SSSR count). The zero-order chi connectivity index (χ0) is 19.1. The van der Waals surface area contributed by atoms with Crippen LogP contribution in [0.2, 0.25) is 0 Å². The molecule has 1 aromatic carbocycles. The highest BCUT2D eigenvalue weighted by molar-refractivity contribution is 5.94. The van der Waals surface area contributed by atoms with Gasteiger partial charge in [0.15, 0.2) is 0 Å². The molecule has 3 aliphatic rings. The average Bonchev–Trinajstić information content (AvgIpc) is 3.09. The molecule has 1 aromatic heterocycles. The Morgan fingerprint density at radius 3 is 3.11 bits per heavy atom. The van der Waals surface area contributed by atoms with E-state index in [2.05, 4.69) is 16.4 Å². The van der Waals surface area contributed by atoms with Crippen molar-refractivity contribution in [3.63, 3.8) is 0 Å². The average molecular weight is 375 g/mol. The predicted octanol–water partition coefficient (Wildman–Crippen LogP) is 2.76. The number of aryl methyl sites for hydroxylation is 1. The molecule has 0 aliphatic carbocycles. The number of piperidine rings is 1. The molecular weight excluding hydrogens is 354 g/mol. The number of para-hydroxylation sites is 1. The number of pyridine rings is 1. The van der Waals surface area contributed by atoms with Crippen molar-refractivity contribution >= 4 is 23.7 Å². The molecule has 2 amide bonds. The Morgan fingerprint density at radius 1 is 1.29 bits per heavy atom. The van der Waals surface area contributed by atoms with Gasteiger partial charge in [-0.2, -0.15) is 0 Å². The number of nitrogens with zero attached hydrogens (tertiary/aromatic N) is 2. The molecule has 1 fully saturated rings. The lowest BCUT2D eigenvalue weighted by atomic mass is 9.89. The number of rotatable bonds is 2. The first-order valence-electron chi connectivity index (χ1n) is 9.69. The summed E-state index contributed by atoms with van der Waals surface area (Å²) in [5, 5.41) is 2.77. The summed E-state index contributed by atoms with van der Waals surface area (Å²) in [5.41, 5.74) is 3.14. The smallest absolute Gasteiger partial charge is 0.246 e. The second kappa shape index (κ2) is 6.78. The minimum Gasteiger partial charge on any atom is -0.488 e. The zero-order valence-electron chi connectivity index (χ0n) is 15.4. The lowest BCUT2D eigenvalue weighted by molar-refractivity contribution is -0.128. The molecular formula is C22H21N3O3. The van der Waals surface area contributed by atoms with Gasteiger partial charge >= 0.3 is 0 Å². The van der Waals surface area contributed by atoms with Crippen molar-refractivity contribution in [2.45, 2.75) is 31.3 Å². The molecule has 0 radical (unpaired) electrons. The van der Waals surface area contributed by atoms with Crippen molar-refractivity contribution in [2.75, 3.05) is 18.4 Å². The van der Waals surface area contributed by atoms with Gasteiger partial charge in [-0.3, -0.25) is 9.59 Å². The predicted molar refractivity (Wildman–Crippen MR) is 105 cm³/mol. The Bertz CT molecular complexity index is 985. The highest BCUT2D eigenvalue weighted by Gasteiger charge is 2.39. The minimum absolute atomic E-state index is 0.00171. The van der Waals surface area contributed by atoms with Crippen molar-refractivity contribution < 1.29 is 14.3 Å². The van der Waals surface area contributed by atoms with Crippen molar-refractivity contribution in [1.29, 1.82) is 0 Å². The number of likely N-dealkylation sites (tertiary alicyclic amines) is 1. The summed E-state index contributed by atoms with van der Waals surface area (Å²) in [7, 11) is 0. The Hall–Kier alpha value is -3.15. The van der Waals surface area contributed by atoms with Crippen LogP contribution in [0.5, 0.6) is 5.75 Å². The van der Waals surface area contributed by atoms with Crippen LogP contribution in [0.1, 0.15) is 35.4 Å². The van der Waals surface area contributed by atoms with E-state index in [1.165, 1.54) is 5.56 Å². The fourth-order valence-electron chi connectivity index (χ4n) is 4.29. The van der Waals surface area contributed by atoms with Gasteiger partial charge in [0.1, 0.15) is 17.7 Å². The topological polar surface area (TPSA) is 71.5 Å². The Balaban J connectivity index is 1.25. The third-order valence-electron chi connectivity index (χ3n) is 5.75. The normalized spacial score (nSPS) is 22.9. The van der Waals surface area contributed by atoms with Gasteiger partial charge in [0.25, 0.3) is 0 Å². The number of hydrogen-bond acceptors (Lipinski definition) is 4. The number of carbonyl (C=O) groups is 2. The molecule has 0 bridgehead atoms. The van der Waals surface area contributed by atoms with Gasteiger partial charge in [-0.1, -0.05) is 18.2 Å². The Kier molecular flexibility index (Phi) is 4.11. The lowest BCUT2D eigenvalue weighted by Crippen LogP contribution is -2.45. The first kappa shape index (κ1) is 17.0. The second-order valence-electron chi connectivity index (χ2n) is 7.53. The molecule has 1 saturated heterocycles. The summed E-state index contributed by atoms with van der Waals surface area (Å²) >= 11 is 0. The van der Waals surface area contributed by atoms with Gasteiger partial charge in [-0.15, -0.1) is 0 Å². The molecule has 0 spiro atoms. The van der Waals surface area contributed by atoms with E-state index in [1.54, 1.807) is 18.3 Å². The van der Waals surface area contributed by atoms with Crippen LogP contribution in [-0.4, -0.2) is 40.9 Å². The fourth-order valence-corrected chi connectivity index (χ4v) is 4.29. The Morgan fingerprint density at radius 2 is 2.18 bits per heavy atom. The monoisotopic (exact) mass is 375 g/mol. The van der Waals surface area contributed by atoms with E-state index in [4.69, 9.17) is 4.74 Å². The quantitative estimate of drug-likeness (QED) is 0.820. The van der Waals surface area contributed by atoms with Gasteiger partial charge in [-0.25, -0.2) is 4.98 Å². The van der Waals surface area contributed by atoms with E-state index in [9.17, 15) is 9.59 Å². The Labute approximate surface area is 163 Å². The van der Waals surface area contributed by atoms with Crippen LogP contribution in [0.15, 0.2) is 42.6 Å². The number of benzene rings is 1. The molecule has 142 valence electrons. The van der Waals surface area contributed by atoms with Gasteiger partial charge in [0.05, 0.1) is 6.54 Å². The number of hydrogen-bond donors (Lipinski definition) is 1. The molecule has 1 N–H and O–H groups in total. The number of ether oxygens (including phenoxy) is 1. The number of carbonyl (C=O) groups excluding carboxylic acids is 2. The highest BCUT2D eigenvalue weighted by atomic mass is 16.5. The summed E-state index contributed by atoms with van der Waals surface area (Å²) in [6.45, 7) is 1.34. The van der Waals surface area contributed by atoms with E-state index >= 15 is 0 Å². The fraction of sp³-hybridized carbons (Fsp3) is 0.318. The number of anilines is 1. The van der Waals surface area contributed by atoms with Gasteiger partial charge in [0, 0.05) is 36.7 Å². The molecule has 4 heterocycles. The molecule has 2 atom stereocenters. The van der Waals surface area contributed by atoms with Gasteiger partial charge in [-0.05, 0) is 42.2 Å². The summed E-state index contributed by atoms with van der Waals surface area (Å²) < 4.78 is 6.06. The van der Waals surface area contributed by atoms with Crippen molar-refractivity contribution in [3.05, 3.63) is 59.3 Å². The third kappa shape index (κ3) is 3.05. The summed E-state index contributed by atoms with van der Waals surface area (Å²) in [6.07, 6.45) is 7.18. The highest BCUT2D eigenvalue weighted by Crippen LogP contribution is 2.42. The van der Waals surface area contributed by atoms with Crippen LogP contribution in [0, 0.1) is 0 Å². The van der Waals surface area contributed by atoms with E-state index < -0.39 is 0 Å². The van der Waals surface area contributed by atoms with Crippen LogP contribution in [-0.2, 0) is 16.0 Å². The third-order valence-corrected chi connectivity index (χ3v) is 5.75. The maximum absolute atomic E-state index is 12.7. The summed E-state index contributed by atoms with van der Waals surface area (Å²) in [4.78, 5) is 30.3. The largest absolute Gasteiger partial charge is 0.488 e. The second-order valence-corrected chi connectivity index (χ2v) is 7.53. The van der Waals surface area contributed by atoms with E-state index in [0.717, 1.165) is 29.8 Å². The van der Waals surface area contributed by atoms with Crippen LogP contribution in [0.4, 0.5) is 5.82 Å². The molecule has 28 heavy (non-hydrogen) atoms. The van der Waals surface area contributed by atoms with Crippen LogP contribution in [0.25, 0.3) is 6.08 Å². The maximum Gasteiger partial charge on any atom is 0.246 e. The molecule has 3 aliphatic heterocycles. The number of amides is 2. The van der Waals surface area contributed by atoms with Crippen molar-refractivity contribution in [3.8, 4) is 5.75 Å². The summed E-state index contributed by atoms with van der Waals surface area (Å²) in [6, 6.07) is 10.1. The van der Waals surface area contributed by atoms with E-state index in [1.807, 2.05) is 29.2 Å². The first-order chi connectivity index (χ1) is 13.7. The summed E-state index contributed by atoms with van der Waals surface area (Å²) in [5.74, 6) is 1.95. The molecule has 2 unspecified atom stereocenters. The number of nitrogens with one attached hydrogen (secondary N) is 1. The first-order valence-corrected chi connectivity index (χ1v) is 9.69. The molecule has 6 heteroatoms. The minimum atomic E-state index is -0.0102. The number of fused-ring (bicyclic) bond motifs is 4. The molecule has 6 nitrogen and oxygen atoms in total. The molecule has 2 aromatic rings. The SMILES string of the molecule is O=C1CCc2cc(C=CC(=O)N3CCC4c5ccccc5OC4C3)cnc2N1.